The van der Waals surface area contributed by atoms with Crippen molar-refractivity contribution in [2.45, 2.75) is 40.0 Å². The number of rotatable bonds is 7. The van der Waals surface area contributed by atoms with E-state index in [-0.39, 0.29) is 12.3 Å². The summed E-state index contributed by atoms with van der Waals surface area (Å²) in [6.07, 6.45) is 1.59. The summed E-state index contributed by atoms with van der Waals surface area (Å²) in [5.74, 6) is 1.27. The van der Waals surface area contributed by atoms with E-state index in [1.807, 2.05) is 31.2 Å². The van der Waals surface area contributed by atoms with E-state index in [1.165, 1.54) is 0 Å². The van der Waals surface area contributed by atoms with Gasteiger partial charge in [0.25, 0.3) is 0 Å². The number of thiocarbonyl (C=S) groups is 1. The molecular weight excluding hydrogens is 350 g/mol. The zero-order chi connectivity index (χ0) is 18.9. The van der Waals surface area contributed by atoms with Crippen LogP contribution in [-0.4, -0.2) is 27.8 Å². The Balaban J connectivity index is 1.71. The van der Waals surface area contributed by atoms with Crippen molar-refractivity contribution in [2.75, 3.05) is 6.54 Å². The van der Waals surface area contributed by atoms with Crippen molar-refractivity contribution >= 4 is 23.2 Å². The van der Waals surface area contributed by atoms with E-state index in [4.69, 9.17) is 16.6 Å². The SMILES string of the molecule is Cc1ccc(-c2nnc(CCC(=O)NNC(=S)NCCC(C)C)o2)cc1. The molecular formula is C18H25N5O2S. The molecule has 0 unspecified atom stereocenters. The predicted molar refractivity (Wildman–Crippen MR) is 104 cm³/mol. The van der Waals surface area contributed by atoms with Crippen LogP contribution in [0.15, 0.2) is 28.7 Å². The van der Waals surface area contributed by atoms with Crippen LogP contribution in [0, 0.1) is 12.8 Å². The molecule has 0 aliphatic heterocycles. The molecule has 1 amide bonds. The van der Waals surface area contributed by atoms with Crippen molar-refractivity contribution in [3.63, 3.8) is 0 Å². The second-order valence-electron chi connectivity index (χ2n) is 6.48. The number of hydrogen-bond acceptors (Lipinski definition) is 5. The highest BCUT2D eigenvalue weighted by Crippen LogP contribution is 2.18. The van der Waals surface area contributed by atoms with Crippen LogP contribution in [0.25, 0.3) is 11.5 Å². The fourth-order valence-corrected chi connectivity index (χ4v) is 2.25. The van der Waals surface area contributed by atoms with Gasteiger partial charge in [-0.05, 0) is 43.6 Å². The second-order valence-corrected chi connectivity index (χ2v) is 6.89. The van der Waals surface area contributed by atoms with Gasteiger partial charge in [0.15, 0.2) is 5.11 Å². The van der Waals surface area contributed by atoms with E-state index in [9.17, 15) is 4.79 Å². The molecule has 1 aromatic carbocycles. The van der Waals surface area contributed by atoms with Crippen LogP contribution < -0.4 is 16.2 Å². The molecule has 0 bridgehead atoms. The van der Waals surface area contributed by atoms with Crippen molar-refractivity contribution in [3.8, 4) is 11.5 Å². The van der Waals surface area contributed by atoms with Crippen LogP contribution >= 0.6 is 12.2 Å². The second kappa shape index (κ2) is 9.86. The molecule has 26 heavy (non-hydrogen) atoms. The Labute approximate surface area is 158 Å². The molecule has 0 spiro atoms. The van der Waals surface area contributed by atoms with Gasteiger partial charge in [-0.15, -0.1) is 10.2 Å². The highest BCUT2D eigenvalue weighted by molar-refractivity contribution is 7.80. The zero-order valence-electron chi connectivity index (χ0n) is 15.3. The maximum absolute atomic E-state index is 11.9. The molecule has 0 aliphatic rings. The van der Waals surface area contributed by atoms with Gasteiger partial charge in [0.05, 0.1) is 0 Å². The van der Waals surface area contributed by atoms with Crippen LogP contribution in [-0.2, 0) is 11.2 Å². The standard InChI is InChI=1S/C18H25N5O2S/c1-12(2)10-11-19-18(26)23-20-15(24)8-9-16-21-22-17(25-16)14-6-4-13(3)5-7-14/h4-7,12H,8-11H2,1-3H3,(H,20,24)(H2,19,23,26). The monoisotopic (exact) mass is 375 g/mol. The number of nitrogens with zero attached hydrogens (tertiary/aromatic N) is 2. The van der Waals surface area contributed by atoms with Crippen molar-refractivity contribution < 1.29 is 9.21 Å². The maximum atomic E-state index is 11.9. The van der Waals surface area contributed by atoms with Gasteiger partial charge in [0, 0.05) is 24.9 Å². The van der Waals surface area contributed by atoms with Gasteiger partial charge in [-0.1, -0.05) is 31.5 Å². The van der Waals surface area contributed by atoms with Gasteiger partial charge in [0.2, 0.25) is 17.7 Å². The average molecular weight is 375 g/mol. The van der Waals surface area contributed by atoms with Crippen molar-refractivity contribution in [2.24, 2.45) is 5.92 Å². The zero-order valence-corrected chi connectivity index (χ0v) is 16.2. The molecule has 1 heterocycles. The van der Waals surface area contributed by atoms with Gasteiger partial charge < -0.3 is 9.73 Å². The number of aryl methyl sites for hydroxylation is 2. The summed E-state index contributed by atoms with van der Waals surface area (Å²) in [5.41, 5.74) is 7.26. The van der Waals surface area contributed by atoms with Gasteiger partial charge in [-0.3, -0.25) is 15.6 Å². The van der Waals surface area contributed by atoms with Crippen LogP contribution in [0.3, 0.4) is 0 Å². The molecule has 3 N–H and O–H groups in total. The van der Waals surface area contributed by atoms with Crippen LogP contribution in [0.1, 0.15) is 38.1 Å². The number of hydrogen-bond donors (Lipinski definition) is 3. The lowest BCUT2D eigenvalue weighted by molar-refractivity contribution is -0.121. The maximum Gasteiger partial charge on any atom is 0.247 e. The number of hydrazine groups is 1. The molecule has 0 atom stereocenters. The number of carbonyl (C=O) groups is 1. The molecule has 0 aliphatic carbocycles. The van der Waals surface area contributed by atoms with E-state index in [1.54, 1.807) is 0 Å². The Hall–Kier alpha value is -2.48. The minimum absolute atomic E-state index is 0.201. The molecule has 140 valence electrons. The Morgan fingerprint density at radius 2 is 1.92 bits per heavy atom. The lowest BCUT2D eigenvalue weighted by Crippen LogP contribution is -2.47. The van der Waals surface area contributed by atoms with Crippen LogP contribution in [0.5, 0.6) is 0 Å². The lowest BCUT2D eigenvalue weighted by Gasteiger charge is -2.12. The molecule has 2 aromatic rings. The first-order valence-electron chi connectivity index (χ1n) is 8.66. The third-order valence-corrected chi connectivity index (χ3v) is 3.90. The lowest BCUT2D eigenvalue weighted by atomic mass is 10.1. The van der Waals surface area contributed by atoms with Crippen LogP contribution in [0.4, 0.5) is 0 Å². The summed E-state index contributed by atoms with van der Waals surface area (Å²) in [6, 6.07) is 7.82. The van der Waals surface area contributed by atoms with Crippen LogP contribution in [0.2, 0.25) is 0 Å². The summed E-state index contributed by atoms with van der Waals surface area (Å²) in [4.78, 5) is 11.9. The van der Waals surface area contributed by atoms with Gasteiger partial charge in [-0.25, -0.2) is 0 Å². The predicted octanol–water partition coefficient (Wildman–Crippen LogP) is 2.52. The topological polar surface area (TPSA) is 92.1 Å². The summed E-state index contributed by atoms with van der Waals surface area (Å²) in [5, 5.41) is 11.4. The number of aromatic nitrogens is 2. The summed E-state index contributed by atoms with van der Waals surface area (Å²) < 4.78 is 5.60. The average Bonchev–Trinajstić information content (AvgIpc) is 3.07. The Morgan fingerprint density at radius 3 is 2.62 bits per heavy atom. The van der Waals surface area contributed by atoms with E-state index >= 15 is 0 Å². The van der Waals surface area contributed by atoms with E-state index < -0.39 is 0 Å². The summed E-state index contributed by atoms with van der Waals surface area (Å²) in [6.45, 7) is 7.06. The fraction of sp³-hybridized carbons (Fsp3) is 0.444. The van der Waals surface area contributed by atoms with E-state index in [0.29, 0.717) is 29.2 Å². The quantitative estimate of drug-likeness (QED) is 0.506. The molecule has 7 nitrogen and oxygen atoms in total. The summed E-state index contributed by atoms with van der Waals surface area (Å²) in [7, 11) is 0. The largest absolute Gasteiger partial charge is 0.421 e. The highest BCUT2D eigenvalue weighted by atomic mass is 32.1. The smallest absolute Gasteiger partial charge is 0.247 e. The minimum atomic E-state index is -0.201. The van der Waals surface area contributed by atoms with E-state index in [0.717, 1.165) is 24.1 Å². The molecule has 0 radical (unpaired) electrons. The highest BCUT2D eigenvalue weighted by Gasteiger charge is 2.10. The van der Waals surface area contributed by atoms with Crippen molar-refractivity contribution in [1.82, 2.24) is 26.4 Å². The minimum Gasteiger partial charge on any atom is -0.421 e. The Morgan fingerprint density at radius 1 is 1.19 bits per heavy atom. The molecule has 0 saturated carbocycles. The number of amides is 1. The molecule has 0 saturated heterocycles. The third-order valence-electron chi connectivity index (χ3n) is 3.65. The Kier molecular flexibility index (Phi) is 7.53. The fourth-order valence-electron chi connectivity index (χ4n) is 2.10. The van der Waals surface area contributed by atoms with Crippen molar-refractivity contribution in [3.05, 3.63) is 35.7 Å². The molecule has 8 heteroatoms. The van der Waals surface area contributed by atoms with Gasteiger partial charge in [0.1, 0.15) is 0 Å². The number of carbonyl (C=O) groups excluding carboxylic acids is 1. The first kappa shape index (κ1) is 19.8. The van der Waals surface area contributed by atoms with Crippen molar-refractivity contribution in [1.29, 1.82) is 0 Å². The first-order chi connectivity index (χ1) is 12.4. The number of benzene rings is 1. The van der Waals surface area contributed by atoms with Gasteiger partial charge >= 0.3 is 0 Å². The third kappa shape index (κ3) is 6.79. The normalized spacial score (nSPS) is 10.6. The molecule has 0 fully saturated rings. The molecule has 1 aromatic heterocycles. The first-order valence-corrected chi connectivity index (χ1v) is 9.07. The van der Waals surface area contributed by atoms with E-state index in [2.05, 4.69) is 40.2 Å². The molecule has 2 rings (SSSR count). The Bertz CT molecular complexity index is 727. The summed E-state index contributed by atoms with van der Waals surface area (Å²) >= 11 is 5.09. The van der Waals surface area contributed by atoms with Gasteiger partial charge in [-0.2, -0.15) is 0 Å². The number of nitrogens with one attached hydrogen (secondary N) is 3.